The van der Waals surface area contributed by atoms with Crippen LogP contribution in [0.3, 0.4) is 0 Å². The van der Waals surface area contributed by atoms with E-state index in [0.717, 1.165) is 50.6 Å². The van der Waals surface area contributed by atoms with E-state index in [2.05, 4.69) is 42.4 Å². The van der Waals surface area contributed by atoms with Crippen LogP contribution in [0.4, 0.5) is 0 Å². The third kappa shape index (κ3) is 3.75. The fourth-order valence-electron chi connectivity index (χ4n) is 3.78. The minimum atomic E-state index is 0.113. The van der Waals surface area contributed by atoms with Gasteiger partial charge in [-0.15, -0.1) is 5.10 Å². The van der Waals surface area contributed by atoms with Crippen molar-refractivity contribution in [3.8, 4) is 16.9 Å². The number of fused-ring (bicyclic) bond motifs is 1. The van der Waals surface area contributed by atoms with Crippen molar-refractivity contribution in [1.29, 1.82) is 5.26 Å². The summed E-state index contributed by atoms with van der Waals surface area (Å²) in [5.41, 5.74) is 7.04. The van der Waals surface area contributed by atoms with Gasteiger partial charge in [0, 0.05) is 27.7 Å². The summed E-state index contributed by atoms with van der Waals surface area (Å²) < 4.78 is 10.9. The van der Waals surface area contributed by atoms with Crippen LogP contribution < -0.4 is 9.47 Å². The first kappa shape index (κ1) is 20.9. The number of hydrogen-bond donors (Lipinski definition) is 0. The van der Waals surface area contributed by atoms with E-state index >= 15 is 0 Å². The molecule has 0 aliphatic carbocycles. The molecule has 5 nitrogen and oxygen atoms in total. The first-order valence-corrected chi connectivity index (χ1v) is 10.3. The van der Waals surface area contributed by atoms with Gasteiger partial charge in [-0.1, -0.05) is 6.92 Å². The average molecular weight is 408 g/mol. The highest BCUT2D eigenvalue weighted by Crippen LogP contribution is 2.40. The Morgan fingerprint density at radius 2 is 1.79 bits per heavy atom. The quantitative estimate of drug-likeness (QED) is 0.477. The molecule has 0 aromatic heterocycles. The number of thioether (sulfide) groups is 1. The second kappa shape index (κ2) is 8.71. The molecule has 29 heavy (non-hydrogen) atoms. The largest absolute Gasteiger partial charge is 0.493 e. The highest BCUT2D eigenvalue weighted by atomic mass is 32.2. The number of hydrogen-bond acceptors (Lipinski definition) is 6. The van der Waals surface area contributed by atoms with Crippen LogP contribution in [0.2, 0.25) is 0 Å². The summed E-state index contributed by atoms with van der Waals surface area (Å²) >= 11 is 1.22. The minimum Gasteiger partial charge on any atom is -0.493 e. The van der Waals surface area contributed by atoms with Crippen LogP contribution in [0, 0.1) is 24.5 Å². The summed E-state index contributed by atoms with van der Waals surface area (Å²) in [7, 11) is 3.24. The maximum atomic E-state index is 9.46. The zero-order valence-electron chi connectivity index (χ0n) is 17.7. The van der Waals surface area contributed by atoms with Gasteiger partial charge in [0.25, 0.3) is 0 Å². The Balaban J connectivity index is 2.33. The molecule has 0 saturated heterocycles. The van der Waals surface area contributed by atoms with Crippen LogP contribution in [0.25, 0.3) is 0 Å². The summed E-state index contributed by atoms with van der Waals surface area (Å²) in [5.74, 6) is 1.42. The summed E-state index contributed by atoms with van der Waals surface area (Å²) in [4.78, 5) is 1.01. The number of thiocyanates is 1. The normalized spacial score (nSPS) is 15.6. The van der Waals surface area contributed by atoms with Crippen molar-refractivity contribution in [1.82, 2.24) is 0 Å². The number of nitriles is 1. The van der Waals surface area contributed by atoms with Crippen molar-refractivity contribution < 1.29 is 9.47 Å². The Morgan fingerprint density at radius 1 is 1.07 bits per heavy atom. The SMILES string of the molecule is CCC1C(C)=NN=C(c2ccc(OC)c(OC)c2)c2cc(C)c(C)c(SC#N)c21. The van der Waals surface area contributed by atoms with Gasteiger partial charge in [0.2, 0.25) is 0 Å². The number of methoxy groups -OCH3 is 2. The van der Waals surface area contributed by atoms with E-state index in [1.807, 2.05) is 25.1 Å². The first-order chi connectivity index (χ1) is 14.0. The van der Waals surface area contributed by atoms with Gasteiger partial charge in [-0.25, -0.2) is 0 Å². The van der Waals surface area contributed by atoms with E-state index in [9.17, 15) is 5.26 Å². The summed E-state index contributed by atoms with van der Waals surface area (Å²) in [6.07, 6.45) is 0.887. The molecule has 1 atom stereocenters. The molecule has 0 amide bonds. The zero-order valence-corrected chi connectivity index (χ0v) is 18.5. The summed E-state index contributed by atoms with van der Waals surface area (Å²) in [6, 6.07) is 7.93. The van der Waals surface area contributed by atoms with E-state index in [1.54, 1.807) is 14.2 Å². The average Bonchev–Trinajstić information content (AvgIpc) is 2.86. The molecule has 0 N–H and O–H groups in total. The molecule has 0 fully saturated rings. The van der Waals surface area contributed by atoms with E-state index in [-0.39, 0.29) is 5.92 Å². The first-order valence-electron chi connectivity index (χ1n) is 9.51. The highest BCUT2D eigenvalue weighted by Gasteiger charge is 2.28. The Labute approximate surface area is 176 Å². The van der Waals surface area contributed by atoms with Gasteiger partial charge in [0.15, 0.2) is 11.5 Å². The predicted octanol–water partition coefficient (Wildman–Crippen LogP) is 5.61. The highest BCUT2D eigenvalue weighted by molar-refractivity contribution is 8.03. The monoisotopic (exact) mass is 407 g/mol. The van der Waals surface area contributed by atoms with Crippen molar-refractivity contribution in [2.45, 2.75) is 44.9 Å². The maximum Gasteiger partial charge on any atom is 0.161 e. The van der Waals surface area contributed by atoms with Gasteiger partial charge in [-0.2, -0.15) is 10.4 Å². The molecule has 150 valence electrons. The van der Waals surface area contributed by atoms with E-state index < -0.39 is 0 Å². The lowest BCUT2D eigenvalue weighted by molar-refractivity contribution is 0.355. The molecule has 1 aliphatic rings. The van der Waals surface area contributed by atoms with Crippen LogP contribution in [-0.4, -0.2) is 25.6 Å². The molecule has 1 heterocycles. The Bertz CT molecular complexity index is 1050. The summed E-state index contributed by atoms with van der Waals surface area (Å²) in [6.45, 7) is 8.30. The topological polar surface area (TPSA) is 67.0 Å². The van der Waals surface area contributed by atoms with Crippen LogP contribution >= 0.6 is 11.8 Å². The van der Waals surface area contributed by atoms with Gasteiger partial charge in [0.05, 0.1) is 14.2 Å². The Morgan fingerprint density at radius 3 is 2.41 bits per heavy atom. The standard InChI is InChI=1S/C23H25N3O2S/c1-7-17-15(4)25-26-22(16-8-9-19(27-5)20(11-16)28-6)18-10-13(2)14(3)23(21(17)18)29-12-24/h8-11,17H,7H2,1-6H3. The summed E-state index contributed by atoms with van der Waals surface area (Å²) in [5, 5.41) is 20.9. The molecule has 6 heteroatoms. The minimum absolute atomic E-state index is 0.113. The van der Waals surface area contributed by atoms with Crippen LogP contribution in [-0.2, 0) is 0 Å². The van der Waals surface area contributed by atoms with Crippen molar-refractivity contribution in [3.05, 3.63) is 52.1 Å². The molecule has 3 rings (SSSR count). The molecule has 0 bridgehead atoms. The Kier molecular flexibility index (Phi) is 6.29. The molecule has 1 aliphatic heterocycles. The zero-order chi connectivity index (χ0) is 21.1. The second-order valence-corrected chi connectivity index (χ2v) is 7.82. The fraction of sp³-hybridized carbons (Fsp3) is 0.348. The molecule has 2 aromatic carbocycles. The van der Waals surface area contributed by atoms with E-state index in [0.29, 0.717) is 11.5 Å². The van der Waals surface area contributed by atoms with E-state index in [1.165, 1.54) is 11.8 Å². The third-order valence-electron chi connectivity index (χ3n) is 5.46. The third-order valence-corrected chi connectivity index (χ3v) is 6.28. The maximum absolute atomic E-state index is 9.46. The number of nitrogens with zero attached hydrogens (tertiary/aromatic N) is 3. The van der Waals surface area contributed by atoms with Crippen LogP contribution in [0.5, 0.6) is 11.5 Å². The van der Waals surface area contributed by atoms with Gasteiger partial charge >= 0.3 is 0 Å². The van der Waals surface area contributed by atoms with Crippen molar-refractivity contribution in [3.63, 3.8) is 0 Å². The number of ether oxygens (including phenoxy) is 2. The van der Waals surface area contributed by atoms with Crippen molar-refractivity contribution in [2.75, 3.05) is 14.2 Å². The van der Waals surface area contributed by atoms with Gasteiger partial charge in [-0.05, 0) is 79.9 Å². The number of benzene rings is 2. The van der Waals surface area contributed by atoms with Crippen molar-refractivity contribution in [2.24, 2.45) is 10.2 Å². The fourth-order valence-corrected chi connectivity index (χ4v) is 4.55. The second-order valence-electron chi connectivity index (χ2n) is 7.02. The van der Waals surface area contributed by atoms with Crippen LogP contribution in [0.15, 0.2) is 39.4 Å². The molecular formula is C23H25N3O2S. The molecule has 0 radical (unpaired) electrons. The van der Waals surface area contributed by atoms with Gasteiger partial charge < -0.3 is 9.47 Å². The van der Waals surface area contributed by atoms with Gasteiger partial charge in [-0.3, -0.25) is 0 Å². The smallest absolute Gasteiger partial charge is 0.161 e. The predicted molar refractivity (Wildman–Crippen MR) is 119 cm³/mol. The molecule has 1 unspecified atom stereocenters. The lowest BCUT2D eigenvalue weighted by Crippen LogP contribution is -2.15. The molecule has 0 spiro atoms. The lowest BCUT2D eigenvalue weighted by Gasteiger charge is -2.23. The van der Waals surface area contributed by atoms with Crippen LogP contribution in [0.1, 0.15) is 54.0 Å². The van der Waals surface area contributed by atoms with E-state index in [4.69, 9.17) is 9.47 Å². The molecule has 2 aromatic rings. The Hall–Kier alpha value is -2.78. The molecular weight excluding hydrogens is 382 g/mol. The molecule has 0 saturated carbocycles. The van der Waals surface area contributed by atoms with Gasteiger partial charge in [0.1, 0.15) is 11.1 Å². The number of aryl methyl sites for hydroxylation is 1. The number of rotatable bonds is 5. The van der Waals surface area contributed by atoms with Crippen molar-refractivity contribution >= 4 is 23.2 Å². The lowest BCUT2D eigenvalue weighted by atomic mass is 9.83.